The number of hydrogen-bond acceptors (Lipinski definition) is 3. The fourth-order valence-corrected chi connectivity index (χ4v) is 2.79. The van der Waals surface area contributed by atoms with Crippen LogP contribution in [-0.4, -0.2) is 20.3 Å². The molecular weight excluding hydrogens is 286 g/mol. The minimum Gasteiger partial charge on any atom is -0.497 e. The van der Waals surface area contributed by atoms with Gasteiger partial charge in [-0.25, -0.2) is 0 Å². The van der Waals surface area contributed by atoms with Gasteiger partial charge in [-0.15, -0.1) is 0 Å². The van der Waals surface area contributed by atoms with E-state index in [-0.39, 0.29) is 0 Å². The smallest absolute Gasteiger partial charge is 0.119 e. The second kappa shape index (κ2) is 8.59. The lowest BCUT2D eigenvalue weighted by atomic mass is 9.90. The molecule has 0 aromatic heterocycles. The maximum atomic E-state index is 5.99. The fraction of sp³-hybridized carbons (Fsp3) is 0.400. The van der Waals surface area contributed by atoms with Crippen LogP contribution in [0.3, 0.4) is 0 Å². The molecule has 0 spiro atoms. The van der Waals surface area contributed by atoms with Crippen molar-refractivity contribution in [3.05, 3.63) is 59.2 Å². The Morgan fingerprint density at radius 3 is 2.35 bits per heavy atom. The Kier molecular flexibility index (Phi) is 6.48. The molecule has 1 unspecified atom stereocenters. The Balaban J connectivity index is 1.84. The number of rotatable bonds is 8. The van der Waals surface area contributed by atoms with E-state index in [1.807, 2.05) is 24.3 Å². The van der Waals surface area contributed by atoms with Gasteiger partial charge >= 0.3 is 0 Å². The molecule has 124 valence electrons. The van der Waals surface area contributed by atoms with Crippen molar-refractivity contribution in [1.29, 1.82) is 0 Å². The molecule has 0 heterocycles. The summed E-state index contributed by atoms with van der Waals surface area (Å²) in [5, 5.41) is 0. The number of benzene rings is 2. The topological polar surface area (TPSA) is 44.5 Å². The van der Waals surface area contributed by atoms with Crippen molar-refractivity contribution in [1.82, 2.24) is 0 Å². The highest BCUT2D eigenvalue weighted by Crippen LogP contribution is 2.25. The highest BCUT2D eigenvalue weighted by atomic mass is 16.5. The summed E-state index contributed by atoms with van der Waals surface area (Å²) in [6, 6.07) is 14.3. The Hall–Kier alpha value is -2.00. The lowest BCUT2D eigenvalue weighted by molar-refractivity contribution is 0.301. The van der Waals surface area contributed by atoms with E-state index in [9.17, 15) is 0 Å². The second-order valence-electron chi connectivity index (χ2n) is 5.96. The normalized spacial score (nSPS) is 12.0. The molecule has 0 radical (unpaired) electrons. The van der Waals surface area contributed by atoms with Gasteiger partial charge in [0.05, 0.1) is 13.7 Å². The summed E-state index contributed by atoms with van der Waals surface area (Å²) in [6.45, 7) is 5.66. The van der Waals surface area contributed by atoms with Crippen molar-refractivity contribution in [3.8, 4) is 11.5 Å². The van der Waals surface area contributed by atoms with E-state index in [0.717, 1.165) is 24.3 Å². The molecule has 1 atom stereocenters. The van der Waals surface area contributed by atoms with Gasteiger partial charge in [0.15, 0.2) is 0 Å². The SMILES string of the molecule is COc1ccc(OCCCC(CN)c2cc(C)ccc2C)cc1. The van der Waals surface area contributed by atoms with Crippen LogP contribution in [0.1, 0.15) is 35.4 Å². The second-order valence-corrected chi connectivity index (χ2v) is 5.96. The average molecular weight is 313 g/mol. The molecule has 23 heavy (non-hydrogen) atoms. The van der Waals surface area contributed by atoms with E-state index in [2.05, 4.69) is 32.0 Å². The van der Waals surface area contributed by atoms with Gasteiger partial charge in [0.1, 0.15) is 11.5 Å². The van der Waals surface area contributed by atoms with Gasteiger partial charge in [0, 0.05) is 0 Å². The van der Waals surface area contributed by atoms with E-state index >= 15 is 0 Å². The van der Waals surface area contributed by atoms with Gasteiger partial charge in [-0.05, 0) is 74.5 Å². The van der Waals surface area contributed by atoms with Crippen LogP contribution in [0.4, 0.5) is 0 Å². The van der Waals surface area contributed by atoms with E-state index in [1.54, 1.807) is 7.11 Å². The maximum Gasteiger partial charge on any atom is 0.119 e. The van der Waals surface area contributed by atoms with Crippen LogP contribution in [0.25, 0.3) is 0 Å². The first-order chi connectivity index (χ1) is 11.1. The van der Waals surface area contributed by atoms with Crippen molar-refractivity contribution >= 4 is 0 Å². The number of nitrogens with two attached hydrogens (primary N) is 1. The lowest BCUT2D eigenvalue weighted by Gasteiger charge is -2.18. The van der Waals surface area contributed by atoms with Crippen molar-refractivity contribution in [2.45, 2.75) is 32.6 Å². The standard InChI is InChI=1S/C20H27NO2/c1-15-6-7-16(2)20(13-15)17(14-21)5-4-12-23-19-10-8-18(22-3)9-11-19/h6-11,13,17H,4-5,12,14,21H2,1-3H3. The van der Waals surface area contributed by atoms with E-state index in [0.29, 0.717) is 19.1 Å². The zero-order valence-corrected chi connectivity index (χ0v) is 14.3. The molecule has 0 aliphatic rings. The first-order valence-electron chi connectivity index (χ1n) is 8.18. The molecule has 0 aliphatic heterocycles. The Morgan fingerprint density at radius 2 is 1.70 bits per heavy atom. The number of methoxy groups -OCH3 is 1. The molecule has 2 rings (SSSR count). The van der Waals surface area contributed by atoms with E-state index in [4.69, 9.17) is 15.2 Å². The molecule has 2 aromatic rings. The van der Waals surface area contributed by atoms with Gasteiger partial charge in [0.2, 0.25) is 0 Å². The summed E-state index contributed by atoms with van der Waals surface area (Å²) in [6.07, 6.45) is 2.03. The first-order valence-corrected chi connectivity index (χ1v) is 8.18. The third kappa shape index (κ3) is 5.00. The molecular formula is C20H27NO2. The van der Waals surface area contributed by atoms with Gasteiger partial charge in [0.25, 0.3) is 0 Å². The van der Waals surface area contributed by atoms with Crippen LogP contribution in [-0.2, 0) is 0 Å². The molecule has 2 aromatic carbocycles. The predicted octanol–water partition coefficient (Wildman–Crippen LogP) is 4.21. The molecule has 0 fully saturated rings. The molecule has 3 heteroatoms. The predicted molar refractivity (Wildman–Crippen MR) is 95.4 cm³/mol. The molecule has 0 aliphatic carbocycles. The van der Waals surface area contributed by atoms with Crippen LogP contribution in [0.15, 0.2) is 42.5 Å². The molecule has 2 N–H and O–H groups in total. The van der Waals surface area contributed by atoms with Gasteiger partial charge in [-0.3, -0.25) is 0 Å². The van der Waals surface area contributed by atoms with Crippen LogP contribution in [0.5, 0.6) is 11.5 Å². The highest BCUT2D eigenvalue weighted by molar-refractivity contribution is 5.33. The number of hydrogen-bond donors (Lipinski definition) is 1. The third-order valence-corrected chi connectivity index (χ3v) is 4.18. The molecule has 3 nitrogen and oxygen atoms in total. The van der Waals surface area contributed by atoms with Crippen molar-refractivity contribution in [3.63, 3.8) is 0 Å². The molecule has 0 saturated carbocycles. The lowest BCUT2D eigenvalue weighted by Crippen LogP contribution is -2.15. The Morgan fingerprint density at radius 1 is 1.00 bits per heavy atom. The average Bonchev–Trinajstić information content (AvgIpc) is 2.58. The number of aryl methyl sites for hydroxylation is 2. The maximum absolute atomic E-state index is 5.99. The minimum absolute atomic E-state index is 0.398. The highest BCUT2D eigenvalue weighted by Gasteiger charge is 2.12. The zero-order chi connectivity index (χ0) is 16.7. The summed E-state index contributed by atoms with van der Waals surface area (Å²) in [5.74, 6) is 2.12. The molecule has 0 amide bonds. The first kappa shape index (κ1) is 17.4. The molecule has 0 bridgehead atoms. The monoisotopic (exact) mass is 313 g/mol. The van der Waals surface area contributed by atoms with Crippen LogP contribution in [0, 0.1) is 13.8 Å². The van der Waals surface area contributed by atoms with Crippen molar-refractivity contribution < 1.29 is 9.47 Å². The zero-order valence-electron chi connectivity index (χ0n) is 14.3. The van der Waals surface area contributed by atoms with E-state index < -0.39 is 0 Å². The minimum atomic E-state index is 0.398. The Bertz CT molecular complexity index is 608. The number of ether oxygens (including phenoxy) is 2. The third-order valence-electron chi connectivity index (χ3n) is 4.18. The molecule has 0 saturated heterocycles. The van der Waals surface area contributed by atoms with Gasteiger partial charge in [-0.2, -0.15) is 0 Å². The largest absolute Gasteiger partial charge is 0.497 e. The van der Waals surface area contributed by atoms with Crippen LogP contribution in [0.2, 0.25) is 0 Å². The van der Waals surface area contributed by atoms with Crippen molar-refractivity contribution in [2.24, 2.45) is 5.73 Å². The summed E-state index contributed by atoms with van der Waals surface area (Å²) in [5.41, 5.74) is 9.98. The quantitative estimate of drug-likeness (QED) is 0.742. The Labute approximate surface area is 139 Å². The summed E-state index contributed by atoms with van der Waals surface area (Å²) < 4.78 is 10.9. The fourth-order valence-electron chi connectivity index (χ4n) is 2.79. The van der Waals surface area contributed by atoms with Crippen molar-refractivity contribution in [2.75, 3.05) is 20.3 Å². The van der Waals surface area contributed by atoms with E-state index in [1.165, 1.54) is 16.7 Å². The van der Waals surface area contributed by atoms with Gasteiger partial charge in [-0.1, -0.05) is 23.8 Å². The van der Waals surface area contributed by atoms with Crippen LogP contribution < -0.4 is 15.2 Å². The summed E-state index contributed by atoms with van der Waals surface area (Å²) >= 11 is 0. The van der Waals surface area contributed by atoms with Gasteiger partial charge < -0.3 is 15.2 Å². The summed E-state index contributed by atoms with van der Waals surface area (Å²) in [4.78, 5) is 0. The van der Waals surface area contributed by atoms with Crippen LogP contribution >= 0.6 is 0 Å². The summed E-state index contributed by atoms with van der Waals surface area (Å²) in [7, 11) is 1.66.